The molecule has 2 N–H and O–H groups in total. The number of ether oxygens (including phenoxy) is 1. The molecule has 0 aromatic heterocycles. The smallest absolute Gasteiger partial charge is 0.246 e. The van der Waals surface area contributed by atoms with Gasteiger partial charge in [-0.15, -0.1) is 0 Å². The topological polar surface area (TPSA) is 91.0 Å². The van der Waals surface area contributed by atoms with Gasteiger partial charge in [0, 0.05) is 24.8 Å². The number of rotatable bonds is 10. The zero-order valence-electron chi connectivity index (χ0n) is 23.8. The number of nitrogens with one attached hydrogen (secondary N) is 2. The summed E-state index contributed by atoms with van der Waals surface area (Å²) in [7, 11) is 0. The van der Waals surface area contributed by atoms with Crippen LogP contribution >= 0.6 is 0 Å². The first kappa shape index (κ1) is 27.8. The molecule has 2 saturated heterocycles. The second-order valence-corrected chi connectivity index (χ2v) is 11.9. The van der Waals surface area contributed by atoms with Crippen LogP contribution in [-0.4, -0.2) is 77.5 Å². The van der Waals surface area contributed by atoms with Gasteiger partial charge < -0.3 is 25.2 Å². The lowest BCUT2D eigenvalue weighted by molar-refractivity contribution is -0.141. The molecule has 4 aliphatic rings. The summed E-state index contributed by atoms with van der Waals surface area (Å²) in [5, 5.41) is 6.28. The average Bonchev–Trinajstić information content (AvgIpc) is 3.57. The van der Waals surface area contributed by atoms with Crippen LogP contribution in [0.25, 0.3) is 0 Å². The minimum absolute atomic E-state index is 0.122. The van der Waals surface area contributed by atoms with Crippen molar-refractivity contribution in [3.63, 3.8) is 0 Å². The van der Waals surface area contributed by atoms with Crippen LogP contribution in [0, 0.1) is 11.8 Å². The zero-order valence-corrected chi connectivity index (χ0v) is 23.8. The number of fused-ring (bicyclic) bond motifs is 1. The molecule has 5 rings (SSSR count). The normalized spacial score (nSPS) is 29.9. The van der Waals surface area contributed by atoms with Crippen LogP contribution in [0.1, 0.15) is 71.3 Å². The van der Waals surface area contributed by atoms with Gasteiger partial charge in [-0.1, -0.05) is 71.2 Å². The molecular weight excluding hydrogens is 492 g/mol. The van der Waals surface area contributed by atoms with Gasteiger partial charge in [0.2, 0.25) is 17.7 Å². The van der Waals surface area contributed by atoms with Crippen molar-refractivity contribution in [3.05, 3.63) is 42.0 Å². The molecule has 3 unspecified atom stereocenters. The maximum Gasteiger partial charge on any atom is 0.246 e. The van der Waals surface area contributed by atoms with Crippen molar-refractivity contribution in [2.45, 2.75) is 89.5 Å². The number of carbonyl (C=O) groups is 3. The molecule has 212 valence electrons. The van der Waals surface area contributed by atoms with Crippen LogP contribution in [0.3, 0.4) is 0 Å². The summed E-state index contributed by atoms with van der Waals surface area (Å²) in [6.07, 6.45) is 8.57. The van der Waals surface area contributed by atoms with Gasteiger partial charge in [0.15, 0.2) is 0 Å². The van der Waals surface area contributed by atoms with E-state index in [1.54, 1.807) is 4.90 Å². The molecular formula is C31H44N4O4. The van der Waals surface area contributed by atoms with Crippen LogP contribution < -0.4 is 10.6 Å². The highest BCUT2D eigenvalue weighted by Gasteiger charge is 2.72. The van der Waals surface area contributed by atoms with Crippen LogP contribution in [0.5, 0.6) is 0 Å². The number of nitrogens with zero attached hydrogens (tertiary/aromatic N) is 2. The Labute approximate surface area is 232 Å². The van der Waals surface area contributed by atoms with Crippen LogP contribution in [-0.2, 0) is 19.1 Å². The van der Waals surface area contributed by atoms with E-state index in [9.17, 15) is 14.4 Å². The third kappa shape index (κ3) is 5.13. The van der Waals surface area contributed by atoms with Crippen LogP contribution in [0.4, 0.5) is 5.69 Å². The Morgan fingerprint density at radius 3 is 2.41 bits per heavy atom. The maximum absolute atomic E-state index is 14.1. The van der Waals surface area contributed by atoms with E-state index in [0.717, 1.165) is 38.8 Å². The second kappa shape index (κ2) is 11.4. The molecule has 8 heteroatoms. The Hall–Kier alpha value is -2.71. The quantitative estimate of drug-likeness (QED) is 0.445. The van der Waals surface area contributed by atoms with E-state index in [2.05, 4.69) is 43.2 Å². The van der Waals surface area contributed by atoms with Crippen molar-refractivity contribution in [1.29, 1.82) is 0 Å². The molecule has 1 aliphatic carbocycles. The lowest BCUT2D eigenvalue weighted by Crippen LogP contribution is -2.57. The molecule has 0 radical (unpaired) electrons. The summed E-state index contributed by atoms with van der Waals surface area (Å²) in [5.74, 6) is -1.56. The van der Waals surface area contributed by atoms with E-state index in [0.29, 0.717) is 24.7 Å². The molecule has 5 atom stereocenters. The van der Waals surface area contributed by atoms with Crippen molar-refractivity contribution in [1.82, 2.24) is 15.1 Å². The van der Waals surface area contributed by atoms with Gasteiger partial charge in [0.05, 0.1) is 17.9 Å². The number of amides is 3. The lowest BCUT2D eigenvalue weighted by atomic mass is 9.74. The third-order valence-corrected chi connectivity index (χ3v) is 9.27. The minimum Gasteiger partial charge on any atom is -0.359 e. The van der Waals surface area contributed by atoms with E-state index in [1.165, 1.54) is 12.0 Å². The Kier molecular flexibility index (Phi) is 8.15. The predicted octanol–water partition coefficient (Wildman–Crippen LogP) is 3.69. The standard InChI is InChI=1S/C31H44N4O4/c1-5-34(6-2)18-19-35-27(29(37)33-22-10-8-7-9-11-22)31-17-16-24(39-31)25(26(31)30(35)38)28(36)32-23-14-12-21(13-15-23)20(3)4/h12-17,20,22,24-27H,5-11,18-19H2,1-4H3,(H,32,36)(H,33,37)/t24-,25?,26-,27?,31?/m1/s1. The fraction of sp³-hybridized carbons (Fsp3) is 0.645. The second-order valence-electron chi connectivity index (χ2n) is 11.9. The number of likely N-dealkylation sites (N-methyl/N-ethyl adjacent to an activating group) is 1. The van der Waals surface area contributed by atoms with E-state index >= 15 is 0 Å². The Bertz CT molecular complexity index is 1090. The fourth-order valence-electron chi connectivity index (χ4n) is 7.00. The maximum atomic E-state index is 14.1. The van der Waals surface area contributed by atoms with Crippen molar-refractivity contribution in [2.75, 3.05) is 31.5 Å². The summed E-state index contributed by atoms with van der Waals surface area (Å²) < 4.78 is 6.48. The van der Waals surface area contributed by atoms with Gasteiger partial charge in [0.1, 0.15) is 11.6 Å². The summed E-state index contributed by atoms with van der Waals surface area (Å²) in [4.78, 5) is 45.6. The summed E-state index contributed by atoms with van der Waals surface area (Å²) in [6, 6.07) is 7.18. The summed E-state index contributed by atoms with van der Waals surface area (Å²) in [5.41, 5.74) is 0.771. The largest absolute Gasteiger partial charge is 0.359 e. The molecule has 8 nitrogen and oxygen atoms in total. The first-order valence-electron chi connectivity index (χ1n) is 14.9. The Morgan fingerprint density at radius 2 is 1.77 bits per heavy atom. The molecule has 2 bridgehead atoms. The lowest BCUT2D eigenvalue weighted by Gasteiger charge is -2.34. The molecule has 3 fully saturated rings. The number of hydrogen-bond acceptors (Lipinski definition) is 5. The molecule has 1 spiro atoms. The van der Waals surface area contributed by atoms with Crippen molar-refractivity contribution in [3.8, 4) is 0 Å². The summed E-state index contributed by atoms with van der Waals surface area (Å²) >= 11 is 0. The number of hydrogen-bond donors (Lipinski definition) is 2. The first-order valence-corrected chi connectivity index (χ1v) is 14.9. The van der Waals surface area contributed by atoms with E-state index in [4.69, 9.17) is 4.74 Å². The van der Waals surface area contributed by atoms with E-state index in [-0.39, 0.29) is 23.8 Å². The highest BCUT2D eigenvalue weighted by atomic mass is 16.5. The van der Waals surface area contributed by atoms with Gasteiger partial charge in [0.25, 0.3) is 0 Å². The first-order chi connectivity index (χ1) is 18.8. The van der Waals surface area contributed by atoms with Gasteiger partial charge in [-0.2, -0.15) is 0 Å². The van der Waals surface area contributed by atoms with Crippen molar-refractivity contribution >= 4 is 23.4 Å². The van der Waals surface area contributed by atoms with E-state index < -0.39 is 29.6 Å². The van der Waals surface area contributed by atoms with Crippen LogP contribution in [0.15, 0.2) is 36.4 Å². The van der Waals surface area contributed by atoms with Gasteiger partial charge in [-0.3, -0.25) is 14.4 Å². The molecule has 1 aromatic carbocycles. The third-order valence-electron chi connectivity index (χ3n) is 9.27. The van der Waals surface area contributed by atoms with E-state index in [1.807, 2.05) is 36.4 Å². The van der Waals surface area contributed by atoms with Gasteiger partial charge in [-0.25, -0.2) is 0 Å². The summed E-state index contributed by atoms with van der Waals surface area (Å²) in [6.45, 7) is 11.3. The molecule has 39 heavy (non-hydrogen) atoms. The number of benzene rings is 1. The molecule has 1 saturated carbocycles. The van der Waals surface area contributed by atoms with Crippen molar-refractivity contribution < 1.29 is 19.1 Å². The van der Waals surface area contributed by atoms with Gasteiger partial charge in [-0.05, 0) is 49.5 Å². The van der Waals surface area contributed by atoms with Crippen LogP contribution in [0.2, 0.25) is 0 Å². The number of carbonyl (C=O) groups excluding carboxylic acids is 3. The van der Waals surface area contributed by atoms with Gasteiger partial charge >= 0.3 is 0 Å². The average molecular weight is 537 g/mol. The monoisotopic (exact) mass is 536 g/mol. The highest BCUT2D eigenvalue weighted by Crippen LogP contribution is 2.55. The molecule has 3 heterocycles. The predicted molar refractivity (Wildman–Crippen MR) is 151 cm³/mol. The fourth-order valence-corrected chi connectivity index (χ4v) is 7.00. The molecule has 3 amide bonds. The number of anilines is 1. The minimum atomic E-state index is -1.12. The number of likely N-dealkylation sites (tertiary alicyclic amines) is 1. The highest BCUT2D eigenvalue weighted by molar-refractivity contribution is 6.02. The zero-order chi connectivity index (χ0) is 27.7. The van der Waals surface area contributed by atoms with Crippen molar-refractivity contribution in [2.24, 2.45) is 11.8 Å². The Morgan fingerprint density at radius 1 is 1.08 bits per heavy atom. The Balaban J connectivity index is 1.40. The SMILES string of the molecule is CCN(CC)CCN1C(=O)[C@H]2C(C(=O)Nc3ccc(C(C)C)cc3)[C@H]3C=CC2(O3)C1C(=O)NC1CCCCC1. The molecule has 1 aromatic rings. The molecule has 3 aliphatic heterocycles.